The van der Waals surface area contributed by atoms with Crippen LogP contribution >= 0.6 is 0 Å². The Kier molecular flexibility index (Phi) is 5.07. The largest absolute Gasteiger partial charge is 0.507 e. The first-order chi connectivity index (χ1) is 12.5. The molecule has 3 rings (SSSR count). The van der Waals surface area contributed by atoms with Gasteiger partial charge in [-0.3, -0.25) is 4.79 Å². The van der Waals surface area contributed by atoms with E-state index in [0.717, 1.165) is 5.56 Å². The van der Waals surface area contributed by atoms with Crippen molar-refractivity contribution in [1.29, 1.82) is 0 Å². The minimum atomic E-state index is -0.260. The Morgan fingerprint density at radius 2 is 2.04 bits per heavy atom. The Bertz CT molecular complexity index is 827. The molecule has 0 aliphatic carbocycles. The van der Waals surface area contributed by atoms with Crippen molar-refractivity contribution in [3.05, 3.63) is 47.0 Å². The van der Waals surface area contributed by atoms with Gasteiger partial charge in [-0.25, -0.2) is 0 Å². The Labute approximate surface area is 153 Å². The van der Waals surface area contributed by atoms with Crippen LogP contribution in [0, 0.1) is 0 Å². The van der Waals surface area contributed by atoms with Crippen LogP contribution in [0.1, 0.15) is 60.5 Å². The van der Waals surface area contributed by atoms with E-state index in [9.17, 15) is 15.0 Å². The van der Waals surface area contributed by atoms with Gasteiger partial charge < -0.3 is 19.7 Å². The maximum absolute atomic E-state index is 12.4. The van der Waals surface area contributed by atoms with Crippen molar-refractivity contribution in [2.24, 2.45) is 0 Å². The number of Topliss-reactive ketones (excluding diaryl/α,β-unsaturated/α-hetero) is 1. The van der Waals surface area contributed by atoms with Gasteiger partial charge >= 0.3 is 0 Å². The first-order valence-electron chi connectivity index (χ1n) is 8.89. The molecule has 0 fully saturated rings. The number of hydrogen-bond donors (Lipinski definition) is 2. The fourth-order valence-corrected chi connectivity index (χ4v) is 3.65. The molecule has 1 aliphatic rings. The fraction of sp³-hybridized carbons (Fsp3) is 0.381. The summed E-state index contributed by atoms with van der Waals surface area (Å²) in [5.74, 6) is 0.586. The molecule has 2 unspecified atom stereocenters. The lowest BCUT2D eigenvalue weighted by Gasteiger charge is -2.32. The van der Waals surface area contributed by atoms with Crippen molar-refractivity contribution in [3.8, 4) is 23.0 Å². The van der Waals surface area contributed by atoms with Crippen molar-refractivity contribution in [3.63, 3.8) is 0 Å². The van der Waals surface area contributed by atoms with Gasteiger partial charge in [0.15, 0.2) is 5.78 Å². The van der Waals surface area contributed by atoms with E-state index in [1.54, 1.807) is 13.2 Å². The summed E-state index contributed by atoms with van der Waals surface area (Å²) in [6, 6.07) is 8.74. The molecule has 0 saturated heterocycles. The summed E-state index contributed by atoms with van der Waals surface area (Å²) < 4.78 is 11.4. The number of phenols is 2. The smallest absolute Gasteiger partial charge is 0.170 e. The Morgan fingerprint density at radius 3 is 2.73 bits per heavy atom. The highest BCUT2D eigenvalue weighted by Gasteiger charge is 2.33. The predicted molar refractivity (Wildman–Crippen MR) is 98.6 cm³/mol. The van der Waals surface area contributed by atoms with Gasteiger partial charge in [0.2, 0.25) is 0 Å². The highest BCUT2D eigenvalue weighted by molar-refractivity contribution is 6.01. The number of ether oxygens (including phenoxy) is 2. The van der Waals surface area contributed by atoms with E-state index < -0.39 is 0 Å². The predicted octanol–water partition coefficient (Wildman–Crippen LogP) is 4.39. The number of methoxy groups -OCH3 is 1. The molecule has 0 radical (unpaired) electrons. The van der Waals surface area contributed by atoms with E-state index in [2.05, 4.69) is 0 Å². The second-order valence-electron chi connectivity index (χ2n) is 6.66. The van der Waals surface area contributed by atoms with Crippen LogP contribution in [0.25, 0.3) is 0 Å². The zero-order chi connectivity index (χ0) is 18.8. The van der Waals surface area contributed by atoms with Crippen LogP contribution in [0.15, 0.2) is 30.3 Å². The summed E-state index contributed by atoms with van der Waals surface area (Å²) in [7, 11) is 1.59. The molecule has 2 atom stereocenters. The van der Waals surface area contributed by atoms with Gasteiger partial charge in [-0.05, 0) is 38.0 Å². The van der Waals surface area contributed by atoms with Crippen LogP contribution in [-0.4, -0.2) is 29.2 Å². The second-order valence-corrected chi connectivity index (χ2v) is 6.66. The zero-order valence-electron chi connectivity index (χ0n) is 15.3. The number of fused-ring (bicyclic) bond motifs is 1. The van der Waals surface area contributed by atoms with Crippen LogP contribution < -0.4 is 9.47 Å². The number of rotatable bonds is 5. The van der Waals surface area contributed by atoms with Crippen LogP contribution in [0.5, 0.6) is 23.0 Å². The molecule has 5 heteroatoms. The Hall–Kier alpha value is -2.69. The Balaban J connectivity index is 2.16. The molecule has 138 valence electrons. The number of hydrogen-bond acceptors (Lipinski definition) is 5. The molecule has 2 N–H and O–H groups in total. The van der Waals surface area contributed by atoms with Gasteiger partial charge in [0, 0.05) is 23.5 Å². The van der Waals surface area contributed by atoms with Gasteiger partial charge in [0.25, 0.3) is 0 Å². The third-order valence-electron chi connectivity index (χ3n) is 4.81. The molecule has 1 heterocycles. The lowest BCUT2D eigenvalue weighted by atomic mass is 9.82. The molecule has 0 bridgehead atoms. The monoisotopic (exact) mass is 356 g/mol. The highest BCUT2D eigenvalue weighted by Crippen LogP contribution is 2.48. The van der Waals surface area contributed by atoms with Crippen LogP contribution in [0.2, 0.25) is 0 Å². The van der Waals surface area contributed by atoms with Crippen molar-refractivity contribution in [1.82, 2.24) is 0 Å². The molecular formula is C21H24O5. The summed E-state index contributed by atoms with van der Waals surface area (Å²) in [4.78, 5) is 12.4. The Morgan fingerprint density at radius 1 is 1.27 bits per heavy atom. The van der Waals surface area contributed by atoms with E-state index in [4.69, 9.17) is 9.47 Å². The second kappa shape index (κ2) is 7.28. The average Bonchev–Trinajstić information content (AvgIpc) is 2.60. The van der Waals surface area contributed by atoms with Crippen molar-refractivity contribution in [2.75, 3.05) is 7.11 Å². The van der Waals surface area contributed by atoms with Crippen LogP contribution in [0.4, 0.5) is 0 Å². The molecule has 26 heavy (non-hydrogen) atoms. The lowest BCUT2D eigenvalue weighted by molar-refractivity contribution is 0.0976. The van der Waals surface area contributed by atoms with E-state index in [-0.39, 0.29) is 41.3 Å². The summed E-state index contributed by atoms with van der Waals surface area (Å²) in [6.07, 6.45) is 1.50. The quantitative estimate of drug-likeness (QED) is 0.777. The molecule has 0 aromatic heterocycles. The van der Waals surface area contributed by atoms with Crippen molar-refractivity contribution in [2.45, 2.75) is 45.1 Å². The maximum atomic E-state index is 12.4. The van der Waals surface area contributed by atoms with E-state index in [1.165, 1.54) is 6.07 Å². The molecule has 0 saturated carbocycles. The minimum Gasteiger partial charge on any atom is -0.507 e. The number of ketones is 1. The zero-order valence-corrected chi connectivity index (χ0v) is 15.3. The van der Waals surface area contributed by atoms with Gasteiger partial charge in [0.1, 0.15) is 28.6 Å². The summed E-state index contributed by atoms with van der Waals surface area (Å²) >= 11 is 0. The summed E-state index contributed by atoms with van der Waals surface area (Å²) in [6.45, 7) is 3.85. The number of carbonyl (C=O) groups is 1. The molecule has 2 aromatic carbocycles. The molecule has 5 nitrogen and oxygen atoms in total. The lowest BCUT2D eigenvalue weighted by Crippen LogP contribution is -2.24. The van der Waals surface area contributed by atoms with Crippen LogP contribution in [0.3, 0.4) is 0 Å². The average molecular weight is 356 g/mol. The van der Waals surface area contributed by atoms with Gasteiger partial charge in [0.05, 0.1) is 13.2 Å². The standard InChI is InChI=1S/C21H24O5/c1-4-6-15(22)20-16(23)10-9-13(21(20)24)14-11-12(2)26-18-8-5-7-17(25-3)19(14)18/h5,7-10,12,14,23-24H,4,6,11H2,1-3H3. The number of carbonyl (C=O) groups excluding carboxylic acids is 1. The summed E-state index contributed by atoms with van der Waals surface area (Å²) in [5, 5.41) is 21.0. The topological polar surface area (TPSA) is 76.0 Å². The molecular weight excluding hydrogens is 332 g/mol. The fourth-order valence-electron chi connectivity index (χ4n) is 3.65. The first kappa shape index (κ1) is 18.1. The minimum absolute atomic E-state index is 0.0000529. The highest BCUT2D eigenvalue weighted by atomic mass is 16.5. The number of benzene rings is 2. The number of aromatic hydroxyl groups is 2. The SMILES string of the molecule is CCCC(=O)c1c(O)ccc(C2CC(C)Oc3cccc(OC)c32)c1O. The van der Waals surface area contributed by atoms with E-state index in [1.807, 2.05) is 32.0 Å². The normalized spacial score (nSPS) is 18.7. The van der Waals surface area contributed by atoms with Gasteiger partial charge in [-0.15, -0.1) is 0 Å². The molecule has 1 aliphatic heterocycles. The third kappa shape index (κ3) is 3.09. The van der Waals surface area contributed by atoms with Crippen LogP contribution in [-0.2, 0) is 0 Å². The van der Waals surface area contributed by atoms with Crippen molar-refractivity contribution < 1.29 is 24.5 Å². The molecule has 2 aromatic rings. The van der Waals surface area contributed by atoms with Crippen molar-refractivity contribution >= 4 is 5.78 Å². The molecule has 0 spiro atoms. The van der Waals surface area contributed by atoms with Gasteiger partial charge in [-0.1, -0.05) is 19.1 Å². The summed E-state index contributed by atoms with van der Waals surface area (Å²) in [5.41, 5.74) is 1.45. The maximum Gasteiger partial charge on any atom is 0.170 e. The van der Waals surface area contributed by atoms with E-state index in [0.29, 0.717) is 29.9 Å². The first-order valence-corrected chi connectivity index (χ1v) is 8.89. The molecule has 0 amide bonds. The number of phenolic OH excluding ortho intramolecular Hbond substituents is 2. The van der Waals surface area contributed by atoms with E-state index >= 15 is 0 Å². The van der Waals surface area contributed by atoms with Gasteiger partial charge in [-0.2, -0.15) is 0 Å². The third-order valence-corrected chi connectivity index (χ3v) is 4.81.